The fourth-order valence-electron chi connectivity index (χ4n) is 1.87. The number of nitrogens with two attached hydrogens (primary N) is 1. The van der Waals surface area contributed by atoms with E-state index in [0.717, 1.165) is 19.3 Å². The molecule has 5 nitrogen and oxygen atoms in total. The number of carbonyl (C=O) groups excluding carboxylic acids is 1. The van der Waals surface area contributed by atoms with Crippen molar-refractivity contribution in [3.8, 4) is 0 Å². The Balaban J connectivity index is 2.16. The molecule has 5 heteroatoms. The van der Waals surface area contributed by atoms with Gasteiger partial charge in [0.2, 0.25) is 5.91 Å². The summed E-state index contributed by atoms with van der Waals surface area (Å²) >= 11 is 0. The Morgan fingerprint density at radius 2 is 2.40 bits per heavy atom. The monoisotopic (exact) mass is 216 g/mol. The van der Waals surface area contributed by atoms with Crippen molar-refractivity contribution >= 4 is 5.91 Å². The second kappa shape index (κ2) is 6.05. The number of hydrogen-bond acceptors (Lipinski definition) is 4. The summed E-state index contributed by atoms with van der Waals surface area (Å²) in [5.41, 5.74) is 5.55. The highest BCUT2D eigenvalue weighted by Crippen LogP contribution is 2.24. The lowest BCUT2D eigenvalue weighted by Crippen LogP contribution is -2.44. The maximum absolute atomic E-state index is 11.4. The van der Waals surface area contributed by atoms with Gasteiger partial charge in [0.1, 0.15) is 6.04 Å². The lowest BCUT2D eigenvalue weighted by molar-refractivity contribution is -0.123. The maximum Gasteiger partial charge on any atom is 0.239 e. The quantitative estimate of drug-likeness (QED) is 0.564. The van der Waals surface area contributed by atoms with E-state index in [1.165, 1.54) is 7.11 Å². The van der Waals surface area contributed by atoms with Crippen LogP contribution in [0.3, 0.4) is 0 Å². The Morgan fingerprint density at radius 1 is 1.67 bits per heavy atom. The van der Waals surface area contributed by atoms with Gasteiger partial charge < -0.3 is 20.9 Å². The van der Waals surface area contributed by atoms with Crippen molar-refractivity contribution in [1.29, 1.82) is 0 Å². The second-order valence-corrected chi connectivity index (χ2v) is 4.14. The van der Waals surface area contributed by atoms with Crippen LogP contribution in [0.25, 0.3) is 0 Å². The molecular weight excluding hydrogens is 196 g/mol. The first-order valence-electron chi connectivity index (χ1n) is 5.33. The molecule has 1 fully saturated rings. The Kier molecular flexibility index (Phi) is 5.01. The predicted molar refractivity (Wildman–Crippen MR) is 56.2 cm³/mol. The molecule has 15 heavy (non-hydrogen) atoms. The third kappa shape index (κ3) is 4.15. The Bertz CT molecular complexity index is 211. The van der Waals surface area contributed by atoms with E-state index in [9.17, 15) is 9.90 Å². The van der Waals surface area contributed by atoms with Gasteiger partial charge in [0.25, 0.3) is 0 Å². The SMILES string of the molecule is COCC(N)C(=O)NCC1CCC(O)C1. The van der Waals surface area contributed by atoms with Crippen LogP contribution in [0, 0.1) is 5.92 Å². The number of rotatable bonds is 5. The fraction of sp³-hybridized carbons (Fsp3) is 0.900. The van der Waals surface area contributed by atoms with Crippen LogP contribution >= 0.6 is 0 Å². The topological polar surface area (TPSA) is 84.6 Å². The third-order valence-electron chi connectivity index (χ3n) is 2.76. The van der Waals surface area contributed by atoms with Gasteiger partial charge in [-0.3, -0.25) is 4.79 Å². The summed E-state index contributed by atoms with van der Waals surface area (Å²) in [7, 11) is 1.51. The average molecular weight is 216 g/mol. The van der Waals surface area contributed by atoms with E-state index >= 15 is 0 Å². The highest BCUT2D eigenvalue weighted by molar-refractivity contribution is 5.81. The third-order valence-corrected chi connectivity index (χ3v) is 2.76. The molecule has 0 heterocycles. The molecule has 1 rings (SSSR count). The van der Waals surface area contributed by atoms with Crippen LogP contribution in [-0.2, 0) is 9.53 Å². The molecule has 1 aliphatic rings. The number of aliphatic hydroxyl groups excluding tert-OH is 1. The Labute approximate surface area is 90.0 Å². The molecule has 0 radical (unpaired) electrons. The van der Waals surface area contributed by atoms with E-state index in [4.69, 9.17) is 10.5 Å². The number of aliphatic hydroxyl groups is 1. The van der Waals surface area contributed by atoms with Crippen LogP contribution in [0.2, 0.25) is 0 Å². The lowest BCUT2D eigenvalue weighted by atomic mass is 10.1. The minimum absolute atomic E-state index is 0.182. The molecular formula is C10H20N2O3. The minimum Gasteiger partial charge on any atom is -0.393 e. The molecule has 0 aromatic heterocycles. The van der Waals surface area contributed by atoms with Gasteiger partial charge in [0.05, 0.1) is 12.7 Å². The molecule has 3 atom stereocenters. The van der Waals surface area contributed by atoms with Crippen molar-refractivity contribution in [1.82, 2.24) is 5.32 Å². The van der Waals surface area contributed by atoms with Gasteiger partial charge in [-0.25, -0.2) is 0 Å². The highest BCUT2D eigenvalue weighted by atomic mass is 16.5. The summed E-state index contributed by atoms with van der Waals surface area (Å²) in [6, 6.07) is -0.596. The van der Waals surface area contributed by atoms with E-state index in [2.05, 4.69) is 5.32 Å². The van der Waals surface area contributed by atoms with Crippen LogP contribution in [0.15, 0.2) is 0 Å². The molecule has 0 aliphatic heterocycles. The number of carbonyl (C=O) groups is 1. The largest absolute Gasteiger partial charge is 0.393 e. The minimum atomic E-state index is -0.596. The standard InChI is InChI=1S/C10H20N2O3/c1-15-6-9(11)10(14)12-5-7-2-3-8(13)4-7/h7-9,13H,2-6,11H2,1H3,(H,12,14). The molecule has 0 saturated heterocycles. The normalized spacial score (nSPS) is 27.7. The first kappa shape index (κ1) is 12.4. The molecule has 0 aromatic carbocycles. The molecule has 1 amide bonds. The number of ether oxygens (including phenoxy) is 1. The summed E-state index contributed by atoms with van der Waals surface area (Å²) in [5, 5.41) is 12.1. The number of methoxy groups -OCH3 is 1. The molecule has 0 bridgehead atoms. The van der Waals surface area contributed by atoms with E-state index in [1.54, 1.807) is 0 Å². The summed E-state index contributed by atoms with van der Waals surface area (Å²) in [6.07, 6.45) is 2.39. The zero-order chi connectivity index (χ0) is 11.3. The number of nitrogens with one attached hydrogen (secondary N) is 1. The summed E-state index contributed by atoms with van der Waals surface area (Å²) in [6.45, 7) is 0.840. The van der Waals surface area contributed by atoms with Crippen molar-refractivity contribution in [2.75, 3.05) is 20.3 Å². The maximum atomic E-state index is 11.4. The van der Waals surface area contributed by atoms with Gasteiger partial charge in [-0.15, -0.1) is 0 Å². The molecule has 1 aliphatic carbocycles. The smallest absolute Gasteiger partial charge is 0.239 e. The Hall–Kier alpha value is -0.650. The van der Waals surface area contributed by atoms with Crippen molar-refractivity contribution < 1.29 is 14.6 Å². The zero-order valence-electron chi connectivity index (χ0n) is 9.11. The van der Waals surface area contributed by atoms with Crippen LogP contribution in [0.4, 0.5) is 0 Å². The van der Waals surface area contributed by atoms with E-state index in [-0.39, 0.29) is 18.6 Å². The van der Waals surface area contributed by atoms with Crippen molar-refractivity contribution in [2.45, 2.75) is 31.4 Å². The zero-order valence-corrected chi connectivity index (χ0v) is 9.11. The van der Waals surface area contributed by atoms with E-state index in [1.807, 2.05) is 0 Å². The summed E-state index contributed by atoms with van der Waals surface area (Å²) in [4.78, 5) is 11.4. The molecule has 1 saturated carbocycles. The van der Waals surface area contributed by atoms with E-state index in [0.29, 0.717) is 12.5 Å². The second-order valence-electron chi connectivity index (χ2n) is 4.14. The van der Waals surface area contributed by atoms with Gasteiger partial charge in [0, 0.05) is 13.7 Å². The van der Waals surface area contributed by atoms with Gasteiger partial charge in [-0.05, 0) is 25.2 Å². The summed E-state index contributed by atoms with van der Waals surface area (Å²) < 4.78 is 4.79. The fourth-order valence-corrected chi connectivity index (χ4v) is 1.87. The highest BCUT2D eigenvalue weighted by Gasteiger charge is 2.23. The van der Waals surface area contributed by atoms with Crippen LogP contribution in [0.5, 0.6) is 0 Å². The van der Waals surface area contributed by atoms with E-state index < -0.39 is 6.04 Å². The van der Waals surface area contributed by atoms with Gasteiger partial charge in [0.15, 0.2) is 0 Å². The molecule has 3 unspecified atom stereocenters. The van der Waals surface area contributed by atoms with Crippen LogP contribution in [-0.4, -0.2) is 43.4 Å². The number of hydrogen-bond donors (Lipinski definition) is 3. The molecule has 0 aromatic rings. The van der Waals surface area contributed by atoms with Crippen LogP contribution < -0.4 is 11.1 Å². The number of amides is 1. The lowest BCUT2D eigenvalue weighted by Gasteiger charge is -2.14. The molecule has 4 N–H and O–H groups in total. The first-order valence-corrected chi connectivity index (χ1v) is 5.33. The summed E-state index contributed by atoms with van der Waals surface area (Å²) in [5.74, 6) is 0.205. The van der Waals surface area contributed by atoms with Crippen LogP contribution in [0.1, 0.15) is 19.3 Å². The van der Waals surface area contributed by atoms with Crippen molar-refractivity contribution in [2.24, 2.45) is 11.7 Å². The van der Waals surface area contributed by atoms with Gasteiger partial charge in [-0.2, -0.15) is 0 Å². The molecule has 0 spiro atoms. The first-order chi connectivity index (χ1) is 7.13. The van der Waals surface area contributed by atoms with Gasteiger partial charge >= 0.3 is 0 Å². The average Bonchev–Trinajstić information content (AvgIpc) is 2.61. The molecule has 88 valence electrons. The van der Waals surface area contributed by atoms with Crippen molar-refractivity contribution in [3.63, 3.8) is 0 Å². The Morgan fingerprint density at radius 3 is 2.93 bits per heavy atom. The predicted octanol–water partition coefficient (Wildman–Crippen LogP) is -0.763. The van der Waals surface area contributed by atoms with Crippen molar-refractivity contribution in [3.05, 3.63) is 0 Å². The van der Waals surface area contributed by atoms with Gasteiger partial charge in [-0.1, -0.05) is 0 Å².